The maximum atomic E-state index is 4.40. The van der Waals surface area contributed by atoms with Crippen molar-refractivity contribution in [2.45, 2.75) is 0 Å². The van der Waals surface area contributed by atoms with Gasteiger partial charge in [0.25, 0.3) is 0 Å². The number of hydrogen-bond acceptors (Lipinski definition) is 1. The summed E-state index contributed by atoms with van der Waals surface area (Å²) >= 11 is 1.57. The molecule has 0 saturated carbocycles. The summed E-state index contributed by atoms with van der Waals surface area (Å²) in [5, 5.41) is 1.22. The van der Waals surface area contributed by atoms with Gasteiger partial charge in [0.2, 0.25) is 0 Å². The third kappa shape index (κ3) is 1.29. The molecule has 0 fully saturated rings. The van der Waals surface area contributed by atoms with Crippen LogP contribution in [-0.4, -0.2) is 21.8 Å². The van der Waals surface area contributed by atoms with Crippen molar-refractivity contribution >= 4 is 32.2 Å². The molecule has 0 bridgehead atoms. The van der Waals surface area contributed by atoms with Gasteiger partial charge in [-0.25, -0.2) is 0 Å². The molecular formula is C9H8AsN. The zero-order valence-electron chi connectivity index (χ0n) is 5.99. The molecule has 0 aliphatic rings. The van der Waals surface area contributed by atoms with Gasteiger partial charge in [-0.1, -0.05) is 0 Å². The second-order valence-corrected chi connectivity index (χ2v) is 3.67. The molecule has 0 aliphatic carbocycles. The summed E-state index contributed by atoms with van der Waals surface area (Å²) in [5.41, 5.74) is 1.09. The van der Waals surface area contributed by atoms with Crippen LogP contribution in [0.3, 0.4) is 0 Å². The van der Waals surface area contributed by atoms with Crippen molar-refractivity contribution in [2.75, 3.05) is 0 Å². The first-order valence-electron chi connectivity index (χ1n) is 3.47. The first-order chi connectivity index (χ1) is 5.36. The van der Waals surface area contributed by atoms with Gasteiger partial charge in [0.15, 0.2) is 0 Å². The normalized spacial score (nSPS) is 10.3. The Morgan fingerprint density at radius 2 is 1.82 bits per heavy atom. The van der Waals surface area contributed by atoms with Crippen molar-refractivity contribution in [1.82, 2.24) is 4.98 Å². The van der Waals surface area contributed by atoms with Crippen molar-refractivity contribution in [3.05, 3.63) is 36.4 Å². The summed E-state index contributed by atoms with van der Waals surface area (Å²) in [6, 6.07) is 12.3. The maximum absolute atomic E-state index is 4.40. The molecule has 1 nitrogen and oxygen atoms in total. The van der Waals surface area contributed by atoms with E-state index >= 15 is 0 Å². The van der Waals surface area contributed by atoms with Crippen LogP contribution in [0.2, 0.25) is 0 Å². The van der Waals surface area contributed by atoms with E-state index in [0.717, 1.165) is 10.00 Å². The number of aromatic nitrogens is 1. The number of hydrogen-bond donors (Lipinski definition) is 0. The summed E-state index contributed by atoms with van der Waals surface area (Å²) in [7, 11) is 0. The topological polar surface area (TPSA) is 12.9 Å². The third-order valence-corrected chi connectivity index (χ3v) is 2.29. The number of fused-ring (bicyclic) bond motifs is 1. The molecule has 0 saturated heterocycles. The molecule has 1 unspecified atom stereocenters. The predicted octanol–water partition coefficient (Wildman–Crippen LogP) is 0.493. The average Bonchev–Trinajstić information content (AvgIpc) is 2.04. The second-order valence-electron chi connectivity index (χ2n) is 2.43. The van der Waals surface area contributed by atoms with Crippen LogP contribution >= 0.6 is 0 Å². The Morgan fingerprint density at radius 3 is 2.73 bits per heavy atom. The minimum atomic E-state index is 1.09. The predicted molar refractivity (Wildman–Crippen MR) is 49.9 cm³/mol. The van der Waals surface area contributed by atoms with Crippen LogP contribution in [-0.2, 0) is 0 Å². The summed E-state index contributed by atoms with van der Waals surface area (Å²) in [4.78, 5) is 4.40. The number of pyridine rings is 1. The van der Waals surface area contributed by atoms with Crippen LogP contribution in [0.25, 0.3) is 10.9 Å². The van der Waals surface area contributed by atoms with Crippen LogP contribution < -0.4 is 4.48 Å². The standard InChI is InChI=1S/C9H8AsN/c10-9-6-5-7-3-1-2-4-8(7)11-9/h1-6H,10H2. The molecule has 11 heavy (non-hydrogen) atoms. The molecule has 2 rings (SSSR count). The van der Waals surface area contributed by atoms with Crippen molar-refractivity contribution in [3.63, 3.8) is 0 Å². The van der Waals surface area contributed by atoms with Crippen LogP contribution in [0, 0.1) is 0 Å². The number of para-hydroxylation sites is 1. The Bertz CT molecular complexity index is 384. The van der Waals surface area contributed by atoms with Crippen LogP contribution in [0.1, 0.15) is 0 Å². The van der Waals surface area contributed by atoms with E-state index in [9.17, 15) is 0 Å². The number of benzene rings is 1. The quantitative estimate of drug-likeness (QED) is 0.570. The Morgan fingerprint density at radius 1 is 1.00 bits per heavy atom. The molecule has 1 heterocycles. The average molecular weight is 205 g/mol. The first kappa shape index (κ1) is 6.87. The summed E-state index contributed by atoms with van der Waals surface area (Å²) in [6.45, 7) is 0. The Balaban J connectivity index is 2.83. The molecule has 1 aromatic heterocycles. The molecule has 0 aliphatic heterocycles. The van der Waals surface area contributed by atoms with Crippen LogP contribution in [0.5, 0.6) is 0 Å². The molecule has 0 amide bonds. The SMILES string of the molecule is [AsH2]c1ccc2ccccc2n1. The van der Waals surface area contributed by atoms with Crippen molar-refractivity contribution in [2.24, 2.45) is 0 Å². The van der Waals surface area contributed by atoms with E-state index in [1.807, 2.05) is 18.2 Å². The van der Waals surface area contributed by atoms with Gasteiger partial charge in [-0.3, -0.25) is 0 Å². The van der Waals surface area contributed by atoms with E-state index in [-0.39, 0.29) is 0 Å². The van der Waals surface area contributed by atoms with Gasteiger partial charge < -0.3 is 0 Å². The van der Waals surface area contributed by atoms with Gasteiger partial charge in [-0.2, -0.15) is 0 Å². The fourth-order valence-corrected chi connectivity index (χ4v) is 1.58. The molecule has 2 aromatic rings. The molecular weight excluding hydrogens is 197 g/mol. The van der Waals surface area contributed by atoms with Gasteiger partial charge in [-0.05, 0) is 0 Å². The third-order valence-electron chi connectivity index (χ3n) is 1.62. The van der Waals surface area contributed by atoms with Crippen LogP contribution in [0.15, 0.2) is 36.4 Å². The fraction of sp³-hybridized carbons (Fsp3) is 0. The Labute approximate surface area is 74.0 Å². The minimum absolute atomic E-state index is 1.09. The Hall–Kier alpha value is -0.812. The van der Waals surface area contributed by atoms with Crippen LogP contribution in [0.4, 0.5) is 0 Å². The molecule has 2 heteroatoms. The molecule has 54 valence electrons. The summed E-state index contributed by atoms with van der Waals surface area (Å²) < 4.78 is 1.14. The van der Waals surface area contributed by atoms with E-state index in [0.29, 0.717) is 0 Å². The van der Waals surface area contributed by atoms with E-state index in [1.54, 1.807) is 16.9 Å². The van der Waals surface area contributed by atoms with E-state index in [4.69, 9.17) is 0 Å². The van der Waals surface area contributed by atoms with Gasteiger partial charge in [0.1, 0.15) is 0 Å². The van der Waals surface area contributed by atoms with E-state index in [2.05, 4.69) is 23.2 Å². The number of nitrogens with zero attached hydrogens (tertiary/aromatic N) is 1. The van der Waals surface area contributed by atoms with E-state index in [1.165, 1.54) is 5.39 Å². The summed E-state index contributed by atoms with van der Waals surface area (Å²) in [6.07, 6.45) is 0. The van der Waals surface area contributed by atoms with Crippen molar-refractivity contribution in [3.8, 4) is 0 Å². The van der Waals surface area contributed by atoms with Gasteiger partial charge >= 0.3 is 73.6 Å². The van der Waals surface area contributed by atoms with E-state index < -0.39 is 0 Å². The van der Waals surface area contributed by atoms with Gasteiger partial charge in [0, 0.05) is 0 Å². The van der Waals surface area contributed by atoms with Gasteiger partial charge in [0.05, 0.1) is 0 Å². The molecule has 0 radical (unpaired) electrons. The fourth-order valence-electron chi connectivity index (χ4n) is 1.08. The molecule has 0 N–H and O–H groups in total. The van der Waals surface area contributed by atoms with Crippen molar-refractivity contribution in [1.29, 1.82) is 0 Å². The molecule has 1 atom stereocenters. The monoisotopic (exact) mass is 205 g/mol. The number of rotatable bonds is 0. The van der Waals surface area contributed by atoms with Gasteiger partial charge in [-0.15, -0.1) is 0 Å². The molecule has 1 aromatic carbocycles. The summed E-state index contributed by atoms with van der Waals surface area (Å²) in [5.74, 6) is 0. The zero-order chi connectivity index (χ0) is 7.68. The first-order valence-corrected chi connectivity index (χ1v) is 4.69. The molecule has 0 spiro atoms. The zero-order valence-corrected chi connectivity index (χ0v) is 8.41. The van der Waals surface area contributed by atoms with Crippen molar-refractivity contribution < 1.29 is 0 Å². The second kappa shape index (κ2) is 2.67. The Kier molecular flexibility index (Phi) is 1.67.